The summed E-state index contributed by atoms with van der Waals surface area (Å²) in [5.74, 6) is -0.412. The predicted octanol–water partition coefficient (Wildman–Crippen LogP) is 8.24. The molecule has 6 heteroatoms. The second kappa shape index (κ2) is 11.1. The SMILES string of the molecule is CC1=[C]([Hf]([CH3])(=[SiH2])([C]2=C(C)C(c3ccc(F)cc3)=CC2)[c]2ccccc2)CC=C1c1ccc(F)cc1.Cl.Cl. The van der Waals surface area contributed by atoms with Crippen molar-refractivity contribution in [3.05, 3.63) is 132 Å². The maximum Gasteiger partial charge on any atom is -0.147 e. The average molecular weight is 720 g/mol. The average Bonchev–Trinajstić information content (AvgIpc) is 3.45. The van der Waals surface area contributed by atoms with E-state index in [1.807, 2.05) is 24.3 Å². The Labute approximate surface area is 233 Å². The Bertz CT molecular complexity index is 1420. The van der Waals surface area contributed by atoms with Gasteiger partial charge in [0.1, 0.15) is 0 Å². The summed E-state index contributed by atoms with van der Waals surface area (Å²) in [6.07, 6.45) is 6.55. The molecule has 0 nitrogen and oxygen atoms in total. The van der Waals surface area contributed by atoms with Gasteiger partial charge in [-0.1, -0.05) is 0 Å². The molecule has 0 bridgehead atoms. The fourth-order valence-electron chi connectivity index (χ4n) is 6.26. The summed E-state index contributed by atoms with van der Waals surface area (Å²) in [7, 11) is 0. The first kappa shape index (κ1) is 29.7. The minimum atomic E-state index is -4.08. The third kappa shape index (κ3) is 4.98. The third-order valence-electron chi connectivity index (χ3n) is 8.23. The minimum absolute atomic E-state index is 0. The zero-order chi connectivity index (χ0) is 24.8. The molecule has 0 atom stereocenters. The minimum Gasteiger partial charge on any atom is -0.147 e. The van der Waals surface area contributed by atoms with Crippen molar-refractivity contribution in [1.82, 2.24) is 0 Å². The van der Waals surface area contributed by atoms with E-state index in [4.69, 9.17) is 0 Å². The maximum absolute atomic E-state index is 13.6. The molecule has 3 aromatic carbocycles. The van der Waals surface area contributed by atoms with Crippen LogP contribution in [0.4, 0.5) is 8.78 Å². The first-order valence-corrected chi connectivity index (χ1v) is 29.4. The van der Waals surface area contributed by atoms with E-state index in [0.717, 1.165) is 24.0 Å². The van der Waals surface area contributed by atoms with Crippen molar-refractivity contribution >= 4 is 46.2 Å². The maximum atomic E-state index is 13.6. The summed E-state index contributed by atoms with van der Waals surface area (Å²) >= 11 is -4.08. The Morgan fingerprint density at radius 3 is 1.38 bits per heavy atom. The molecule has 2 aliphatic rings. The number of halogens is 4. The van der Waals surface area contributed by atoms with Gasteiger partial charge in [-0.15, -0.1) is 24.8 Å². The smallest absolute Gasteiger partial charge is 0.147 e. The molecular weight excluding hydrogens is 688 g/mol. The van der Waals surface area contributed by atoms with Crippen LogP contribution in [0.25, 0.3) is 11.1 Å². The Balaban J connectivity index is 0.00000190. The molecule has 0 amide bonds. The zero-order valence-electron chi connectivity index (χ0n) is 21.4. The van der Waals surface area contributed by atoms with E-state index in [2.05, 4.69) is 68.0 Å². The molecule has 0 radical (unpaired) electrons. The molecule has 0 unspecified atom stereocenters. The molecule has 0 heterocycles. The Morgan fingerprint density at radius 1 is 0.622 bits per heavy atom. The van der Waals surface area contributed by atoms with Gasteiger partial charge in [0.25, 0.3) is 0 Å². The van der Waals surface area contributed by atoms with Crippen LogP contribution < -0.4 is 3.32 Å². The number of rotatable bonds is 5. The molecule has 0 spiro atoms. The molecule has 0 saturated heterocycles. The molecule has 3 aromatic rings. The van der Waals surface area contributed by atoms with E-state index in [1.54, 1.807) is 30.9 Å². The molecule has 0 saturated carbocycles. The summed E-state index contributed by atoms with van der Waals surface area (Å²) < 4.78 is 34.5. The van der Waals surface area contributed by atoms with Crippen molar-refractivity contribution in [3.63, 3.8) is 0 Å². The van der Waals surface area contributed by atoms with Crippen molar-refractivity contribution in [3.8, 4) is 0 Å². The Hall–Kier alpha value is -1.85. The van der Waals surface area contributed by atoms with Gasteiger partial charge in [0, 0.05) is 0 Å². The van der Waals surface area contributed by atoms with Crippen molar-refractivity contribution < 1.29 is 25.9 Å². The van der Waals surface area contributed by atoms with Crippen LogP contribution in [-0.4, -0.2) is 6.94 Å². The van der Waals surface area contributed by atoms with Crippen LogP contribution >= 0.6 is 24.8 Å². The molecule has 0 N–H and O–H groups in total. The third-order valence-corrected chi connectivity index (χ3v) is 41.3. The van der Waals surface area contributed by atoms with Crippen LogP contribution in [0, 0.1) is 11.6 Å². The predicted molar refractivity (Wildman–Crippen MR) is 158 cm³/mol. The first-order valence-electron chi connectivity index (χ1n) is 12.1. The van der Waals surface area contributed by atoms with E-state index in [0.29, 0.717) is 0 Å². The fraction of sp³-hybridized carbons (Fsp3) is 0.161. The molecule has 0 aliphatic heterocycles. The zero-order valence-corrected chi connectivity index (χ0v) is 28.0. The van der Waals surface area contributed by atoms with Crippen molar-refractivity contribution in [2.24, 2.45) is 0 Å². The van der Waals surface area contributed by atoms with Gasteiger partial charge in [0.15, 0.2) is 0 Å². The molecule has 2 aliphatic carbocycles. The van der Waals surface area contributed by atoms with Gasteiger partial charge in [-0.2, -0.15) is 0 Å². The Morgan fingerprint density at radius 2 is 1.00 bits per heavy atom. The van der Waals surface area contributed by atoms with Gasteiger partial charge >= 0.3 is 210 Å². The second-order valence-corrected chi connectivity index (χ2v) is 45.6. The molecule has 37 heavy (non-hydrogen) atoms. The summed E-state index contributed by atoms with van der Waals surface area (Å²) in [4.78, 5) is 0. The fourth-order valence-corrected chi connectivity index (χ4v) is 35.6. The number of allylic oxidation sites excluding steroid dienone is 8. The van der Waals surface area contributed by atoms with Gasteiger partial charge in [-0.25, -0.2) is 0 Å². The van der Waals surface area contributed by atoms with Crippen LogP contribution in [0.5, 0.6) is 0 Å². The van der Waals surface area contributed by atoms with Gasteiger partial charge in [0.2, 0.25) is 0 Å². The Kier molecular flexibility index (Phi) is 8.91. The van der Waals surface area contributed by atoms with Crippen LogP contribution in [0.15, 0.2) is 109 Å². The van der Waals surface area contributed by atoms with Gasteiger partial charge in [-0.3, -0.25) is 0 Å². The molecule has 0 fully saturated rings. The van der Waals surface area contributed by atoms with E-state index in [9.17, 15) is 8.78 Å². The normalized spacial score (nSPS) is 15.7. The number of benzene rings is 3. The van der Waals surface area contributed by atoms with E-state index in [1.165, 1.54) is 25.6 Å². The molecule has 5 rings (SSSR count). The van der Waals surface area contributed by atoms with Crippen LogP contribution in [0.1, 0.15) is 37.8 Å². The number of hydrogen-bond donors (Lipinski definition) is 0. The van der Waals surface area contributed by atoms with Crippen molar-refractivity contribution in [2.45, 2.75) is 31.4 Å². The van der Waals surface area contributed by atoms with Gasteiger partial charge < -0.3 is 0 Å². The van der Waals surface area contributed by atoms with E-state index in [-0.39, 0.29) is 36.4 Å². The van der Waals surface area contributed by atoms with Gasteiger partial charge in [0.05, 0.1) is 0 Å². The standard InChI is InChI=1S/2C12H10F.C6H5.CH3.2ClH.Hf.H2Si/c2*1-9-3-2-4-12(9)10-5-7-11(13)8-6-10;1-2-4-6-5-3-1;;;;;/h2*4-8H,2H2,1H3;1-5H;1H3;2*1H;;1H2. The summed E-state index contributed by atoms with van der Waals surface area (Å²) in [5.41, 5.74) is 7.33. The second-order valence-electron chi connectivity index (χ2n) is 10.2. The quantitative estimate of drug-likeness (QED) is 0.233. The van der Waals surface area contributed by atoms with Crippen LogP contribution in [0.3, 0.4) is 0 Å². The first-order chi connectivity index (χ1) is 16.7. The van der Waals surface area contributed by atoms with Crippen LogP contribution in [0.2, 0.25) is 4.68 Å². The summed E-state index contributed by atoms with van der Waals surface area (Å²) in [6.45, 7) is 6.79. The van der Waals surface area contributed by atoms with E-state index >= 15 is 0 Å². The molecular formula is C31H32Cl2F2HfSi. The topological polar surface area (TPSA) is 0 Å². The van der Waals surface area contributed by atoms with Crippen LogP contribution in [-0.2, 0) is 17.1 Å². The summed E-state index contributed by atoms with van der Waals surface area (Å²) in [6, 6.07) is 24.9. The number of hydrogen-bond acceptors (Lipinski definition) is 0. The summed E-state index contributed by atoms with van der Waals surface area (Å²) in [5, 5.41) is 0. The van der Waals surface area contributed by atoms with Gasteiger partial charge in [-0.05, 0) is 0 Å². The van der Waals surface area contributed by atoms with Crippen molar-refractivity contribution in [1.29, 1.82) is 0 Å². The van der Waals surface area contributed by atoms with Crippen molar-refractivity contribution in [2.75, 3.05) is 0 Å². The van der Waals surface area contributed by atoms with E-state index < -0.39 is 17.1 Å². The molecule has 192 valence electrons. The monoisotopic (exact) mass is 720 g/mol. The molecule has 0 aromatic heterocycles. The largest absolute Gasteiger partial charge is 0.147 e.